The lowest BCUT2D eigenvalue weighted by Crippen LogP contribution is -1.97. The van der Waals surface area contributed by atoms with Crippen LogP contribution in [0.15, 0.2) is 0 Å². The summed E-state index contributed by atoms with van der Waals surface area (Å²) in [6.45, 7) is 1.85. The zero-order valence-corrected chi connectivity index (χ0v) is 4.92. The number of hydrogen-bond donors (Lipinski definition) is 1. The Balaban J connectivity index is 3.19. The van der Waals surface area contributed by atoms with Crippen LogP contribution in [0.2, 0.25) is 0 Å². The van der Waals surface area contributed by atoms with E-state index in [1.54, 1.807) is 4.57 Å². The molecule has 1 aromatic rings. The Bertz CT molecular complexity index is 170. The first-order valence-corrected chi connectivity index (χ1v) is 2.33. The van der Waals surface area contributed by atoms with Crippen molar-refractivity contribution >= 4 is 5.95 Å². The van der Waals surface area contributed by atoms with Gasteiger partial charge in [0.25, 0.3) is 0 Å². The van der Waals surface area contributed by atoms with E-state index >= 15 is 0 Å². The van der Waals surface area contributed by atoms with Gasteiger partial charge in [0, 0.05) is 7.05 Å². The van der Waals surface area contributed by atoms with Crippen LogP contribution in [0.4, 0.5) is 5.95 Å². The van der Waals surface area contributed by atoms with Crippen molar-refractivity contribution in [3.8, 4) is 0 Å². The van der Waals surface area contributed by atoms with Crippen LogP contribution in [0.25, 0.3) is 0 Å². The number of nitrogens with zero attached hydrogens (tertiary/aromatic N) is 3. The Kier molecular flexibility index (Phi) is 0.932. The molecule has 0 aliphatic heterocycles. The number of nitrogens with two attached hydrogens (primary N) is 1. The van der Waals surface area contributed by atoms with Crippen LogP contribution in [0.3, 0.4) is 0 Å². The van der Waals surface area contributed by atoms with Gasteiger partial charge in [0.1, 0.15) is 5.82 Å². The SMILES string of the molecule is Cc1nnc(N)n1C. The lowest BCUT2D eigenvalue weighted by Gasteiger charge is -1.90. The van der Waals surface area contributed by atoms with E-state index in [1.165, 1.54) is 0 Å². The molecule has 2 N–H and O–H groups in total. The summed E-state index contributed by atoms with van der Waals surface area (Å²) in [4.78, 5) is 0. The molecule has 1 rings (SSSR count). The van der Waals surface area contributed by atoms with Gasteiger partial charge in [0.05, 0.1) is 0 Å². The Hall–Kier alpha value is -1.06. The molecule has 0 amide bonds. The molecule has 1 heterocycles. The molecule has 0 saturated heterocycles. The minimum atomic E-state index is 0.461. The van der Waals surface area contributed by atoms with Gasteiger partial charge in [-0.15, -0.1) is 10.2 Å². The number of aryl methyl sites for hydroxylation is 1. The molecular weight excluding hydrogens is 104 g/mol. The fraction of sp³-hybridized carbons (Fsp3) is 0.500. The summed E-state index contributed by atoms with van der Waals surface area (Å²) < 4.78 is 1.72. The molecule has 0 unspecified atom stereocenters. The molecule has 0 atom stereocenters. The smallest absolute Gasteiger partial charge is 0.221 e. The maximum atomic E-state index is 5.33. The number of nitrogen functional groups attached to an aromatic ring is 1. The third-order valence-electron chi connectivity index (χ3n) is 1.13. The molecule has 0 bridgehead atoms. The van der Waals surface area contributed by atoms with Crippen LogP contribution < -0.4 is 5.73 Å². The van der Waals surface area contributed by atoms with Gasteiger partial charge in [-0.3, -0.25) is 0 Å². The van der Waals surface area contributed by atoms with Crippen LogP contribution in [0.5, 0.6) is 0 Å². The van der Waals surface area contributed by atoms with Crippen molar-refractivity contribution in [2.45, 2.75) is 6.92 Å². The fourth-order valence-corrected chi connectivity index (χ4v) is 0.424. The van der Waals surface area contributed by atoms with Crippen molar-refractivity contribution < 1.29 is 0 Å². The molecule has 4 heteroatoms. The first kappa shape index (κ1) is 5.08. The molecule has 0 spiro atoms. The Morgan fingerprint density at radius 2 is 2.12 bits per heavy atom. The molecular formula is C4H8N4. The van der Waals surface area contributed by atoms with Crippen molar-refractivity contribution in [3.63, 3.8) is 0 Å². The van der Waals surface area contributed by atoms with Gasteiger partial charge in [-0.05, 0) is 6.92 Å². The monoisotopic (exact) mass is 112 g/mol. The van der Waals surface area contributed by atoms with Gasteiger partial charge in [0.2, 0.25) is 5.95 Å². The maximum Gasteiger partial charge on any atom is 0.221 e. The lowest BCUT2D eigenvalue weighted by atomic mass is 10.7. The van der Waals surface area contributed by atoms with Crippen molar-refractivity contribution in [1.29, 1.82) is 0 Å². The number of rotatable bonds is 0. The summed E-state index contributed by atoms with van der Waals surface area (Å²) in [5.41, 5.74) is 5.33. The minimum absolute atomic E-state index is 0.461. The van der Waals surface area contributed by atoms with Crippen LogP contribution in [-0.4, -0.2) is 14.8 Å². The lowest BCUT2D eigenvalue weighted by molar-refractivity contribution is 0.868. The van der Waals surface area contributed by atoms with Crippen LogP contribution in [0.1, 0.15) is 5.82 Å². The third-order valence-corrected chi connectivity index (χ3v) is 1.13. The number of hydrogen-bond acceptors (Lipinski definition) is 3. The molecule has 0 aliphatic carbocycles. The van der Waals surface area contributed by atoms with Crippen molar-refractivity contribution in [2.24, 2.45) is 7.05 Å². The predicted octanol–water partition coefficient (Wildman–Crippen LogP) is -0.294. The summed E-state index contributed by atoms with van der Waals surface area (Å²) >= 11 is 0. The van der Waals surface area contributed by atoms with Crippen molar-refractivity contribution in [2.75, 3.05) is 5.73 Å². The molecule has 0 aromatic carbocycles. The maximum absolute atomic E-state index is 5.33. The Morgan fingerprint density at radius 1 is 1.50 bits per heavy atom. The number of anilines is 1. The van der Waals surface area contributed by atoms with E-state index in [-0.39, 0.29) is 0 Å². The van der Waals surface area contributed by atoms with E-state index in [9.17, 15) is 0 Å². The second-order valence-corrected chi connectivity index (χ2v) is 1.66. The highest BCUT2D eigenvalue weighted by Crippen LogP contribution is 1.95. The second kappa shape index (κ2) is 1.47. The summed E-state index contributed by atoms with van der Waals surface area (Å²) in [6, 6.07) is 0. The second-order valence-electron chi connectivity index (χ2n) is 1.66. The quantitative estimate of drug-likeness (QED) is 0.501. The standard InChI is InChI=1S/C4H8N4/c1-3-6-7-4(5)8(3)2/h1-2H3,(H2,5,7). The highest BCUT2D eigenvalue weighted by atomic mass is 15.3. The minimum Gasteiger partial charge on any atom is -0.368 e. The fourth-order valence-electron chi connectivity index (χ4n) is 0.424. The van der Waals surface area contributed by atoms with E-state index in [0.29, 0.717) is 5.95 Å². The molecule has 8 heavy (non-hydrogen) atoms. The molecule has 0 fully saturated rings. The van der Waals surface area contributed by atoms with Gasteiger partial charge >= 0.3 is 0 Å². The van der Waals surface area contributed by atoms with Gasteiger partial charge in [-0.1, -0.05) is 0 Å². The Morgan fingerprint density at radius 3 is 2.25 bits per heavy atom. The molecule has 0 radical (unpaired) electrons. The van der Waals surface area contributed by atoms with E-state index in [4.69, 9.17) is 5.73 Å². The summed E-state index contributed by atoms with van der Waals surface area (Å²) in [5.74, 6) is 1.30. The summed E-state index contributed by atoms with van der Waals surface area (Å²) in [6.07, 6.45) is 0. The van der Waals surface area contributed by atoms with Gasteiger partial charge in [-0.25, -0.2) is 0 Å². The van der Waals surface area contributed by atoms with E-state index in [0.717, 1.165) is 5.82 Å². The normalized spacial score (nSPS) is 9.75. The van der Waals surface area contributed by atoms with Crippen LogP contribution >= 0.6 is 0 Å². The summed E-state index contributed by atoms with van der Waals surface area (Å²) in [7, 11) is 1.82. The van der Waals surface area contributed by atoms with Gasteiger partial charge in [0.15, 0.2) is 0 Å². The highest BCUT2D eigenvalue weighted by molar-refractivity contribution is 5.15. The largest absolute Gasteiger partial charge is 0.368 e. The average molecular weight is 112 g/mol. The molecule has 0 aliphatic rings. The summed E-state index contributed by atoms with van der Waals surface area (Å²) in [5, 5.41) is 7.31. The zero-order chi connectivity index (χ0) is 6.15. The highest BCUT2D eigenvalue weighted by Gasteiger charge is 1.95. The first-order chi connectivity index (χ1) is 3.72. The van der Waals surface area contributed by atoms with Crippen molar-refractivity contribution in [3.05, 3.63) is 5.82 Å². The molecule has 0 saturated carbocycles. The zero-order valence-electron chi connectivity index (χ0n) is 4.92. The van der Waals surface area contributed by atoms with E-state index < -0.39 is 0 Å². The molecule has 4 nitrogen and oxygen atoms in total. The van der Waals surface area contributed by atoms with E-state index in [1.807, 2.05) is 14.0 Å². The van der Waals surface area contributed by atoms with Crippen LogP contribution in [0, 0.1) is 6.92 Å². The number of aromatic nitrogens is 3. The Labute approximate surface area is 47.3 Å². The van der Waals surface area contributed by atoms with Gasteiger partial charge < -0.3 is 10.3 Å². The van der Waals surface area contributed by atoms with E-state index in [2.05, 4.69) is 10.2 Å². The molecule has 1 aromatic heterocycles. The van der Waals surface area contributed by atoms with Crippen molar-refractivity contribution in [1.82, 2.24) is 14.8 Å². The molecule has 44 valence electrons. The van der Waals surface area contributed by atoms with Crippen LogP contribution in [-0.2, 0) is 7.05 Å². The predicted molar refractivity (Wildman–Crippen MR) is 30.2 cm³/mol. The van der Waals surface area contributed by atoms with Gasteiger partial charge in [-0.2, -0.15) is 0 Å². The first-order valence-electron chi connectivity index (χ1n) is 2.33. The third kappa shape index (κ3) is 0.538. The average Bonchev–Trinajstić information content (AvgIpc) is 1.98. The topological polar surface area (TPSA) is 56.7 Å².